The van der Waals surface area contributed by atoms with Crippen molar-refractivity contribution in [3.05, 3.63) is 69.5 Å². The number of ether oxygens (including phenoxy) is 1. The van der Waals surface area contributed by atoms with Gasteiger partial charge in [0.15, 0.2) is 12.4 Å². The van der Waals surface area contributed by atoms with Crippen LogP contribution in [0.3, 0.4) is 0 Å². The number of Topliss-reactive ketones (excluding diaryl/α,β-unsaturated/α-hetero) is 1. The summed E-state index contributed by atoms with van der Waals surface area (Å²) in [4.78, 5) is 12.2. The van der Waals surface area contributed by atoms with E-state index in [1.54, 1.807) is 12.1 Å². The average molecular weight is 433 g/mol. The van der Waals surface area contributed by atoms with Gasteiger partial charge >= 0.3 is 0 Å². The first kappa shape index (κ1) is 18.7. The van der Waals surface area contributed by atoms with Gasteiger partial charge in [0.2, 0.25) is 0 Å². The zero-order chi connectivity index (χ0) is 18.5. The Morgan fingerprint density at radius 3 is 2.69 bits per heavy atom. The van der Waals surface area contributed by atoms with Gasteiger partial charge < -0.3 is 9.15 Å². The molecule has 3 aromatic rings. The number of hydrogen-bond donors (Lipinski definition) is 0. The van der Waals surface area contributed by atoms with Crippen molar-refractivity contribution < 1.29 is 13.9 Å². The summed E-state index contributed by atoms with van der Waals surface area (Å²) < 4.78 is 12.2. The normalized spacial score (nSPS) is 10.7. The standard InChI is InChI=1S/C19H17BrN2O3S/c1-12-4-3-5-17(13(12)2)24-10-18-21-22-19(25-18)26-11-16(23)14-6-8-15(20)9-7-14/h3-9H,10-11H2,1-2H3. The highest BCUT2D eigenvalue weighted by molar-refractivity contribution is 9.10. The van der Waals surface area contributed by atoms with Gasteiger partial charge in [-0.25, -0.2) is 0 Å². The first-order chi connectivity index (χ1) is 12.5. The Morgan fingerprint density at radius 1 is 1.15 bits per heavy atom. The highest BCUT2D eigenvalue weighted by Crippen LogP contribution is 2.23. The third kappa shape index (κ3) is 4.74. The molecule has 0 fully saturated rings. The third-order valence-electron chi connectivity index (χ3n) is 3.85. The summed E-state index contributed by atoms with van der Waals surface area (Å²) in [5.41, 5.74) is 2.90. The van der Waals surface area contributed by atoms with Crippen molar-refractivity contribution in [3.8, 4) is 5.75 Å². The minimum absolute atomic E-state index is 0.00823. The van der Waals surface area contributed by atoms with Crippen LogP contribution in [-0.2, 0) is 6.61 Å². The second-order valence-electron chi connectivity index (χ2n) is 5.67. The molecule has 3 rings (SSSR count). The number of halogens is 1. The lowest BCUT2D eigenvalue weighted by atomic mass is 10.1. The van der Waals surface area contributed by atoms with Gasteiger partial charge in [-0.3, -0.25) is 4.79 Å². The van der Waals surface area contributed by atoms with Gasteiger partial charge in [0, 0.05) is 10.0 Å². The van der Waals surface area contributed by atoms with Crippen molar-refractivity contribution in [3.63, 3.8) is 0 Å². The smallest absolute Gasteiger partial charge is 0.277 e. The van der Waals surface area contributed by atoms with Gasteiger partial charge in [-0.1, -0.05) is 52.0 Å². The summed E-state index contributed by atoms with van der Waals surface area (Å²) in [5.74, 6) is 1.42. The lowest BCUT2D eigenvalue weighted by molar-refractivity contribution is 0.102. The van der Waals surface area contributed by atoms with Crippen molar-refractivity contribution in [2.24, 2.45) is 0 Å². The Bertz CT molecular complexity index is 909. The number of nitrogens with zero attached hydrogens (tertiary/aromatic N) is 2. The molecule has 7 heteroatoms. The van der Waals surface area contributed by atoms with E-state index in [0.717, 1.165) is 21.3 Å². The van der Waals surface area contributed by atoms with Crippen LogP contribution < -0.4 is 4.74 Å². The first-order valence-corrected chi connectivity index (χ1v) is 9.74. The lowest BCUT2D eigenvalue weighted by Crippen LogP contribution is -2.01. The zero-order valence-electron chi connectivity index (χ0n) is 14.4. The van der Waals surface area contributed by atoms with Crippen LogP contribution in [0.1, 0.15) is 27.4 Å². The number of hydrogen-bond acceptors (Lipinski definition) is 6. The topological polar surface area (TPSA) is 65.2 Å². The van der Waals surface area contributed by atoms with Crippen molar-refractivity contribution in [1.29, 1.82) is 0 Å². The van der Waals surface area contributed by atoms with Crippen LogP contribution in [0.2, 0.25) is 0 Å². The van der Waals surface area contributed by atoms with Crippen LogP contribution in [0.4, 0.5) is 0 Å². The number of carbonyl (C=O) groups is 1. The van der Waals surface area contributed by atoms with Gasteiger partial charge in [-0.2, -0.15) is 0 Å². The molecule has 0 aliphatic heterocycles. The van der Waals surface area contributed by atoms with Crippen LogP contribution >= 0.6 is 27.7 Å². The molecule has 5 nitrogen and oxygen atoms in total. The first-order valence-electron chi connectivity index (χ1n) is 7.96. The summed E-state index contributed by atoms with van der Waals surface area (Å²) in [6.45, 7) is 4.23. The van der Waals surface area contributed by atoms with E-state index >= 15 is 0 Å². The number of carbonyl (C=O) groups excluding carboxylic acids is 1. The Labute approximate surface area is 164 Å². The monoisotopic (exact) mass is 432 g/mol. The minimum atomic E-state index is 0.00823. The molecule has 26 heavy (non-hydrogen) atoms. The number of ketones is 1. The Morgan fingerprint density at radius 2 is 1.92 bits per heavy atom. The maximum Gasteiger partial charge on any atom is 0.277 e. The van der Waals surface area contributed by atoms with Crippen molar-refractivity contribution in [2.75, 3.05) is 5.75 Å². The van der Waals surface area contributed by atoms with E-state index < -0.39 is 0 Å². The van der Waals surface area contributed by atoms with E-state index in [1.165, 1.54) is 11.8 Å². The number of aryl methyl sites for hydroxylation is 1. The molecule has 0 N–H and O–H groups in total. The average Bonchev–Trinajstić information content (AvgIpc) is 3.09. The quantitative estimate of drug-likeness (QED) is 0.386. The molecule has 0 bridgehead atoms. The summed E-state index contributed by atoms with van der Waals surface area (Å²) in [6, 6.07) is 13.1. The second-order valence-corrected chi connectivity index (χ2v) is 7.51. The zero-order valence-corrected chi connectivity index (χ0v) is 16.8. The molecule has 0 unspecified atom stereocenters. The molecule has 2 aromatic carbocycles. The third-order valence-corrected chi connectivity index (χ3v) is 5.19. The SMILES string of the molecule is Cc1cccc(OCc2nnc(SCC(=O)c3ccc(Br)cc3)o2)c1C. The number of benzene rings is 2. The fraction of sp³-hybridized carbons (Fsp3) is 0.211. The number of aromatic nitrogens is 2. The van der Waals surface area contributed by atoms with Crippen molar-refractivity contribution in [1.82, 2.24) is 10.2 Å². The van der Waals surface area contributed by atoms with Crippen LogP contribution in [-0.4, -0.2) is 21.7 Å². The Hall–Kier alpha value is -2.12. The number of thioether (sulfide) groups is 1. The largest absolute Gasteiger partial charge is 0.484 e. The van der Waals surface area contributed by atoms with E-state index in [1.807, 2.05) is 44.2 Å². The highest BCUT2D eigenvalue weighted by Gasteiger charge is 2.12. The lowest BCUT2D eigenvalue weighted by Gasteiger charge is -2.08. The van der Waals surface area contributed by atoms with E-state index in [-0.39, 0.29) is 18.1 Å². The van der Waals surface area contributed by atoms with E-state index in [0.29, 0.717) is 16.7 Å². The Balaban J connectivity index is 1.54. The van der Waals surface area contributed by atoms with Crippen LogP contribution in [0.5, 0.6) is 5.75 Å². The van der Waals surface area contributed by atoms with Crippen LogP contribution in [0.25, 0.3) is 0 Å². The molecule has 0 atom stereocenters. The molecule has 0 spiro atoms. The van der Waals surface area contributed by atoms with Gasteiger partial charge in [-0.05, 0) is 43.2 Å². The molecule has 0 radical (unpaired) electrons. The maximum absolute atomic E-state index is 12.2. The molecule has 0 aliphatic rings. The van der Waals surface area contributed by atoms with Gasteiger partial charge in [0.05, 0.1) is 5.75 Å². The summed E-state index contributed by atoms with van der Waals surface area (Å²) in [7, 11) is 0. The summed E-state index contributed by atoms with van der Waals surface area (Å²) in [5, 5.41) is 8.28. The van der Waals surface area contributed by atoms with E-state index in [9.17, 15) is 4.79 Å². The predicted molar refractivity (Wildman–Crippen MR) is 104 cm³/mol. The van der Waals surface area contributed by atoms with Gasteiger partial charge in [0.1, 0.15) is 5.75 Å². The molecule has 0 saturated heterocycles. The second kappa shape index (κ2) is 8.51. The molecule has 0 aliphatic carbocycles. The van der Waals surface area contributed by atoms with Crippen LogP contribution in [0.15, 0.2) is 56.6 Å². The van der Waals surface area contributed by atoms with Crippen LogP contribution in [0, 0.1) is 13.8 Å². The highest BCUT2D eigenvalue weighted by atomic mass is 79.9. The molecule has 1 heterocycles. The number of rotatable bonds is 7. The molecule has 1 aromatic heterocycles. The van der Waals surface area contributed by atoms with Crippen molar-refractivity contribution in [2.45, 2.75) is 25.7 Å². The predicted octanol–water partition coefficient (Wildman–Crippen LogP) is 5.00. The van der Waals surface area contributed by atoms with Gasteiger partial charge in [0.25, 0.3) is 11.1 Å². The fourth-order valence-electron chi connectivity index (χ4n) is 2.22. The van der Waals surface area contributed by atoms with E-state index in [2.05, 4.69) is 26.1 Å². The van der Waals surface area contributed by atoms with Crippen molar-refractivity contribution >= 4 is 33.5 Å². The fourth-order valence-corrected chi connectivity index (χ4v) is 3.16. The van der Waals surface area contributed by atoms with Gasteiger partial charge in [-0.15, -0.1) is 10.2 Å². The molecular formula is C19H17BrN2O3S. The summed E-state index contributed by atoms with van der Waals surface area (Å²) in [6.07, 6.45) is 0. The van der Waals surface area contributed by atoms with E-state index in [4.69, 9.17) is 9.15 Å². The molecule has 0 saturated carbocycles. The Kier molecular flexibility index (Phi) is 6.11. The molecule has 134 valence electrons. The molecule has 0 amide bonds. The minimum Gasteiger partial charge on any atom is -0.484 e. The summed E-state index contributed by atoms with van der Waals surface area (Å²) >= 11 is 4.57. The maximum atomic E-state index is 12.2. The molecular weight excluding hydrogens is 416 g/mol.